The Hall–Kier alpha value is -0.880. The number of hydrogen-bond acceptors (Lipinski definition) is 2. The topological polar surface area (TPSA) is 20.3 Å². The molecule has 2 nitrogen and oxygen atoms in total. The number of nitrogens with zero attached hydrogens (tertiary/aromatic N) is 1. The minimum absolute atomic E-state index is 0.161. The van der Waals surface area contributed by atoms with Gasteiger partial charge in [0.1, 0.15) is 0 Å². The van der Waals surface area contributed by atoms with E-state index >= 15 is 0 Å². The van der Waals surface area contributed by atoms with Gasteiger partial charge in [-0.15, -0.1) is 11.3 Å². The van der Waals surface area contributed by atoms with Crippen molar-refractivity contribution in [1.29, 1.82) is 0 Å². The highest BCUT2D eigenvalue weighted by Gasteiger charge is 2.33. The number of hydrogen-bond donors (Lipinski definition) is 0. The summed E-state index contributed by atoms with van der Waals surface area (Å²) in [6, 6.07) is 12.4. The zero-order chi connectivity index (χ0) is 13.2. The summed E-state index contributed by atoms with van der Waals surface area (Å²) in [5.41, 5.74) is 0.801. The van der Waals surface area contributed by atoms with Gasteiger partial charge in [-0.05, 0) is 65.1 Å². The molecule has 1 aromatic heterocycles. The van der Waals surface area contributed by atoms with Gasteiger partial charge >= 0.3 is 0 Å². The first kappa shape index (κ1) is 13.1. The van der Waals surface area contributed by atoms with Gasteiger partial charge in [-0.1, -0.05) is 12.1 Å². The number of halogens is 1. The highest BCUT2D eigenvalue weighted by atomic mass is 127. The van der Waals surface area contributed by atoms with Crippen LogP contribution in [-0.2, 0) is 6.54 Å². The summed E-state index contributed by atoms with van der Waals surface area (Å²) in [5.74, 6) is 0.161. The van der Waals surface area contributed by atoms with Gasteiger partial charge in [0.05, 0.1) is 6.54 Å². The van der Waals surface area contributed by atoms with Gasteiger partial charge in [-0.3, -0.25) is 4.79 Å². The number of carbonyl (C=O) groups is 1. The summed E-state index contributed by atoms with van der Waals surface area (Å²) >= 11 is 3.97. The highest BCUT2D eigenvalue weighted by molar-refractivity contribution is 14.1. The third-order valence-electron chi connectivity index (χ3n) is 3.23. The first-order valence-corrected chi connectivity index (χ1v) is 8.29. The van der Waals surface area contributed by atoms with Crippen molar-refractivity contribution in [3.05, 3.63) is 55.8 Å². The second kappa shape index (κ2) is 5.63. The molecular formula is C15H14INOS. The molecule has 0 spiro atoms. The van der Waals surface area contributed by atoms with E-state index < -0.39 is 0 Å². The van der Waals surface area contributed by atoms with Crippen LogP contribution in [0.2, 0.25) is 0 Å². The molecule has 1 aliphatic carbocycles. The molecule has 1 saturated carbocycles. The van der Waals surface area contributed by atoms with Crippen molar-refractivity contribution < 1.29 is 4.79 Å². The van der Waals surface area contributed by atoms with Gasteiger partial charge in [0, 0.05) is 20.1 Å². The van der Waals surface area contributed by atoms with Crippen LogP contribution < -0.4 is 0 Å². The number of thiophene rings is 1. The van der Waals surface area contributed by atoms with E-state index in [-0.39, 0.29) is 5.91 Å². The fraction of sp³-hybridized carbons (Fsp3) is 0.267. The van der Waals surface area contributed by atoms with Gasteiger partial charge < -0.3 is 4.90 Å². The fourth-order valence-electron chi connectivity index (χ4n) is 2.11. The molecule has 0 radical (unpaired) electrons. The molecule has 19 heavy (non-hydrogen) atoms. The van der Waals surface area contributed by atoms with Crippen LogP contribution in [0.4, 0.5) is 0 Å². The molecule has 0 N–H and O–H groups in total. The van der Waals surface area contributed by atoms with Crippen LogP contribution in [0.3, 0.4) is 0 Å². The molecule has 1 aliphatic rings. The molecule has 1 fully saturated rings. The van der Waals surface area contributed by atoms with E-state index in [1.54, 1.807) is 11.3 Å². The van der Waals surface area contributed by atoms with Crippen molar-refractivity contribution in [3.63, 3.8) is 0 Å². The third kappa shape index (κ3) is 3.17. The Labute approximate surface area is 130 Å². The third-order valence-corrected chi connectivity index (χ3v) is 4.76. The number of benzene rings is 1. The average molecular weight is 383 g/mol. The van der Waals surface area contributed by atoms with E-state index in [1.807, 2.05) is 35.2 Å². The molecule has 1 amide bonds. The average Bonchev–Trinajstić information content (AvgIpc) is 3.12. The molecule has 2 aromatic rings. The second-order valence-electron chi connectivity index (χ2n) is 4.75. The minimum atomic E-state index is 0.161. The van der Waals surface area contributed by atoms with E-state index in [4.69, 9.17) is 0 Å². The Bertz CT molecular complexity index is 578. The van der Waals surface area contributed by atoms with Gasteiger partial charge in [-0.2, -0.15) is 0 Å². The van der Waals surface area contributed by atoms with Crippen molar-refractivity contribution in [2.75, 3.05) is 0 Å². The van der Waals surface area contributed by atoms with Crippen LogP contribution in [0.15, 0.2) is 41.8 Å². The van der Waals surface area contributed by atoms with Crippen molar-refractivity contribution >= 4 is 39.8 Å². The molecular weight excluding hydrogens is 369 g/mol. The largest absolute Gasteiger partial charge is 0.331 e. The molecule has 0 unspecified atom stereocenters. The number of carbonyl (C=O) groups excluding carboxylic acids is 1. The Morgan fingerprint density at radius 2 is 2.16 bits per heavy atom. The van der Waals surface area contributed by atoms with Crippen LogP contribution >= 0.6 is 33.9 Å². The predicted molar refractivity (Wildman–Crippen MR) is 86.4 cm³/mol. The molecule has 4 heteroatoms. The SMILES string of the molecule is O=C(c1cccc(I)c1)N(Cc1cccs1)C1CC1. The van der Waals surface area contributed by atoms with Gasteiger partial charge in [0.2, 0.25) is 0 Å². The Morgan fingerprint density at radius 1 is 1.32 bits per heavy atom. The molecule has 0 aliphatic heterocycles. The Balaban J connectivity index is 1.82. The molecule has 0 bridgehead atoms. The van der Waals surface area contributed by atoms with E-state index in [0.29, 0.717) is 6.04 Å². The maximum absolute atomic E-state index is 12.6. The summed E-state index contributed by atoms with van der Waals surface area (Å²) in [4.78, 5) is 15.9. The fourth-order valence-corrected chi connectivity index (χ4v) is 3.36. The monoisotopic (exact) mass is 383 g/mol. The number of rotatable bonds is 4. The van der Waals surface area contributed by atoms with Crippen LogP contribution in [-0.4, -0.2) is 16.8 Å². The van der Waals surface area contributed by atoms with Crippen LogP contribution in [0.25, 0.3) is 0 Å². The van der Waals surface area contributed by atoms with Crippen LogP contribution in [0, 0.1) is 3.57 Å². The molecule has 3 rings (SSSR count). The van der Waals surface area contributed by atoms with Crippen molar-refractivity contribution in [2.24, 2.45) is 0 Å². The van der Waals surface area contributed by atoms with Gasteiger partial charge in [0.25, 0.3) is 5.91 Å². The summed E-state index contributed by atoms with van der Waals surface area (Å²) in [5, 5.41) is 2.07. The summed E-state index contributed by atoms with van der Waals surface area (Å²) in [6.07, 6.45) is 2.28. The van der Waals surface area contributed by atoms with Crippen molar-refractivity contribution in [3.8, 4) is 0 Å². The lowest BCUT2D eigenvalue weighted by Gasteiger charge is -2.22. The van der Waals surface area contributed by atoms with E-state index in [2.05, 4.69) is 34.0 Å². The van der Waals surface area contributed by atoms with Gasteiger partial charge in [0.15, 0.2) is 0 Å². The summed E-state index contributed by atoms with van der Waals surface area (Å²) in [7, 11) is 0. The quantitative estimate of drug-likeness (QED) is 0.727. The number of amides is 1. The predicted octanol–water partition coefficient (Wildman–Crippen LogP) is 4.16. The van der Waals surface area contributed by atoms with E-state index in [1.165, 1.54) is 4.88 Å². The lowest BCUT2D eigenvalue weighted by atomic mass is 10.2. The second-order valence-corrected chi connectivity index (χ2v) is 7.03. The zero-order valence-corrected chi connectivity index (χ0v) is 13.4. The molecule has 1 aromatic carbocycles. The summed E-state index contributed by atoms with van der Waals surface area (Å²) < 4.78 is 1.11. The Morgan fingerprint density at radius 3 is 2.79 bits per heavy atom. The van der Waals surface area contributed by atoms with Crippen LogP contribution in [0.5, 0.6) is 0 Å². The van der Waals surface area contributed by atoms with Crippen molar-refractivity contribution in [2.45, 2.75) is 25.4 Å². The van der Waals surface area contributed by atoms with Crippen molar-refractivity contribution in [1.82, 2.24) is 4.90 Å². The maximum atomic E-state index is 12.6. The normalized spacial score (nSPS) is 14.4. The van der Waals surface area contributed by atoms with E-state index in [9.17, 15) is 4.79 Å². The smallest absolute Gasteiger partial charge is 0.254 e. The Kier molecular flexibility index (Phi) is 3.88. The highest BCUT2D eigenvalue weighted by Crippen LogP contribution is 2.30. The van der Waals surface area contributed by atoms with Gasteiger partial charge in [-0.25, -0.2) is 0 Å². The minimum Gasteiger partial charge on any atom is -0.331 e. The summed E-state index contributed by atoms with van der Waals surface area (Å²) in [6.45, 7) is 0.743. The molecule has 1 heterocycles. The molecule has 0 atom stereocenters. The molecule has 0 saturated heterocycles. The molecule has 98 valence electrons. The lowest BCUT2D eigenvalue weighted by molar-refractivity contribution is 0.0731. The zero-order valence-electron chi connectivity index (χ0n) is 10.4. The maximum Gasteiger partial charge on any atom is 0.254 e. The standard InChI is InChI=1S/C15H14INOS/c16-12-4-1-3-11(9-12)15(18)17(13-6-7-13)10-14-5-2-8-19-14/h1-5,8-9,13H,6-7,10H2. The first-order valence-electron chi connectivity index (χ1n) is 6.33. The first-order chi connectivity index (χ1) is 9.24. The van der Waals surface area contributed by atoms with Crippen LogP contribution in [0.1, 0.15) is 28.1 Å². The lowest BCUT2D eigenvalue weighted by Crippen LogP contribution is -2.32. The van der Waals surface area contributed by atoms with E-state index in [0.717, 1.165) is 28.5 Å².